The second-order valence-electron chi connectivity index (χ2n) is 4.15. The summed E-state index contributed by atoms with van der Waals surface area (Å²) in [6.45, 7) is 2.81. The summed E-state index contributed by atoms with van der Waals surface area (Å²) in [6.07, 6.45) is 0. The topological polar surface area (TPSA) is 35.6 Å². The summed E-state index contributed by atoms with van der Waals surface area (Å²) >= 11 is 0. The van der Waals surface area contributed by atoms with Crippen LogP contribution in [0.2, 0.25) is 0 Å². The number of urea groups is 1. The smallest absolute Gasteiger partial charge is 0.324 e. The van der Waals surface area contributed by atoms with Crippen LogP contribution >= 0.6 is 0 Å². The zero-order chi connectivity index (χ0) is 11.7. The van der Waals surface area contributed by atoms with Crippen molar-refractivity contribution in [2.24, 2.45) is 0 Å². The Morgan fingerprint density at radius 2 is 2.19 bits per heavy atom. The first-order valence-corrected chi connectivity index (χ1v) is 5.45. The first kappa shape index (κ1) is 10.8. The van der Waals surface area contributed by atoms with Crippen LogP contribution in [-0.2, 0) is 0 Å². The fourth-order valence-electron chi connectivity index (χ4n) is 1.89. The Labute approximate surface area is 95.8 Å². The van der Waals surface area contributed by atoms with Crippen molar-refractivity contribution in [2.45, 2.75) is 13.0 Å². The van der Waals surface area contributed by atoms with E-state index in [1.54, 1.807) is 4.90 Å². The molecule has 1 aliphatic heterocycles. The normalized spacial score (nSPS) is 20.4. The standard InChI is InChI=1S/C12H17N3O/c1-9-8-15(12(16)14(9)3)11-6-4-5-10(7-11)13-2/h4-7,9,13H,8H2,1-3H3. The van der Waals surface area contributed by atoms with E-state index in [0.29, 0.717) is 0 Å². The number of carbonyl (C=O) groups is 1. The van der Waals surface area contributed by atoms with E-state index in [9.17, 15) is 4.79 Å². The number of likely N-dealkylation sites (N-methyl/N-ethyl adjacent to an activating group) is 1. The third kappa shape index (κ3) is 1.71. The van der Waals surface area contributed by atoms with Gasteiger partial charge in [-0.05, 0) is 25.1 Å². The molecule has 16 heavy (non-hydrogen) atoms. The summed E-state index contributed by atoms with van der Waals surface area (Å²) in [7, 11) is 3.72. The number of hydrogen-bond donors (Lipinski definition) is 1. The van der Waals surface area contributed by atoms with E-state index in [1.807, 2.05) is 43.3 Å². The van der Waals surface area contributed by atoms with Crippen molar-refractivity contribution in [1.82, 2.24) is 4.90 Å². The van der Waals surface area contributed by atoms with Gasteiger partial charge in [-0.3, -0.25) is 4.90 Å². The van der Waals surface area contributed by atoms with Gasteiger partial charge in [0.05, 0.1) is 0 Å². The van der Waals surface area contributed by atoms with Gasteiger partial charge in [0.25, 0.3) is 0 Å². The molecule has 1 saturated heterocycles. The Morgan fingerprint density at radius 1 is 1.44 bits per heavy atom. The molecule has 0 saturated carbocycles. The fourth-order valence-corrected chi connectivity index (χ4v) is 1.89. The number of carbonyl (C=O) groups excluding carboxylic acids is 1. The molecule has 1 aliphatic rings. The van der Waals surface area contributed by atoms with Crippen molar-refractivity contribution in [2.75, 3.05) is 30.9 Å². The van der Waals surface area contributed by atoms with Gasteiger partial charge in [0.1, 0.15) is 0 Å². The molecular weight excluding hydrogens is 202 g/mol. The molecule has 0 spiro atoms. The van der Waals surface area contributed by atoms with E-state index in [0.717, 1.165) is 17.9 Å². The molecule has 86 valence electrons. The molecule has 0 radical (unpaired) electrons. The van der Waals surface area contributed by atoms with Crippen LogP contribution in [0.15, 0.2) is 24.3 Å². The summed E-state index contributed by atoms with van der Waals surface area (Å²) in [5.74, 6) is 0. The number of hydrogen-bond acceptors (Lipinski definition) is 2. The van der Waals surface area contributed by atoms with Crippen molar-refractivity contribution in [3.05, 3.63) is 24.3 Å². The van der Waals surface area contributed by atoms with E-state index in [-0.39, 0.29) is 12.1 Å². The number of nitrogens with zero attached hydrogens (tertiary/aromatic N) is 2. The summed E-state index contributed by atoms with van der Waals surface area (Å²) in [4.78, 5) is 15.5. The molecular formula is C12H17N3O. The lowest BCUT2D eigenvalue weighted by atomic mass is 10.2. The Balaban J connectivity index is 2.28. The number of nitrogens with one attached hydrogen (secondary N) is 1. The average Bonchev–Trinajstić information content (AvgIpc) is 2.57. The molecule has 1 fully saturated rings. The Morgan fingerprint density at radius 3 is 2.75 bits per heavy atom. The lowest BCUT2D eigenvalue weighted by Gasteiger charge is -2.16. The lowest BCUT2D eigenvalue weighted by Crippen LogP contribution is -2.30. The van der Waals surface area contributed by atoms with Crippen LogP contribution in [0.3, 0.4) is 0 Å². The molecule has 1 N–H and O–H groups in total. The molecule has 2 amide bonds. The minimum absolute atomic E-state index is 0.0701. The third-order valence-corrected chi connectivity index (χ3v) is 3.09. The summed E-state index contributed by atoms with van der Waals surface area (Å²) in [6, 6.07) is 8.23. The van der Waals surface area contributed by atoms with Gasteiger partial charge in [-0.15, -0.1) is 0 Å². The molecule has 0 bridgehead atoms. The van der Waals surface area contributed by atoms with Gasteiger partial charge >= 0.3 is 6.03 Å². The first-order valence-electron chi connectivity index (χ1n) is 5.45. The molecule has 4 nitrogen and oxygen atoms in total. The van der Waals surface area contributed by atoms with Gasteiger partial charge in [-0.25, -0.2) is 4.79 Å². The number of rotatable bonds is 2. The monoisotopic (exact) mass is 219 g/mol. The number of amides is 2. The highest BCUT2D eigenvalue weighted by molar-refractivity contribution is 5.94. The second-order valence-corrected chi connectivity index (χ2v) is 4.15. The summed E-state index contributed by atoms with van der Waals surface area (Å²) in [5, 5.41) is 3.08. The molecule has 4 heteroatoms. The second kappa shape index (κ2) is 4.04. The molecule has 2 rings (SSSR count). The van der Waals surface area contributed by atoms with Crippen LogP contribution in [0.4, 0.5) is 16.2 Å². The Kier molecular flexibility index (Phi) is 2.73. The van der Waals surface area contributed by atoms with Gasteiger partial charge in [-0.1, -0.05) is 6.07 Å². The maximum atomic E-state index is 11.9. The minimum Gasteiger partial charge on any atom is -0.388 e. The minimum atomic E-state index is 0.0701. The van der Waals surface area contributed by atoms with E-state index in [4.69, 9.17) is 0 Å². The molecule has 1 aromatic carbocycles. The van der Waals surface area contributed by atoms with Crippen LogP contribution in [0.1, 0.15) is 6.92 Å². The predicted molar refractivity (Wildman–Crippen MR) is 66.0 cm³/mol. The van der Waals surface area contributed by atoms with Crippen LogP contribution in [-0.4, -0.2) is 37.6 Å². The highest BCUT2D eigenvalue weighted by Crippen LogP contribution is 2.24. The molecule has 0 aromatic heterocycles. The van der Waals surface area contributed by atoms with Gasteiger partial charge < -0.3 is 10.2 Å². The van der Waals surface area contributed by atoms with Crippen LogP contribution in [0.25, 0.3) is 0 Å². The molecule has 1 aromatic rings. The van der Waals surface area contributed by atoms with Crippen LogP contribution in [0.5, 0.6) is 0 Å². The van der Waals surface area contributed by atoms with Crippen molar-refractivity contribution in [1.29, 1.82) is 0 Å². The van der Waals surface area contributed by atoms with E-state index < -0.39 is 0 Å². The molecule has 1 unspecified atom stereocenters. The van der Waals surface area contributed by atoms with Gasteiger partial charge in [0.15, 0.2) is 0 Å². The first-order chi connectivity index (χ1) is 7.63. The Bertz CT molecular complexity index is 405. The Hall–Kier alpha value is -1.71. The SMILES string of the molecule is CNc1cccc(N2CC(C)N(C)C2=O)c1. The van der Waals surface area contributed by atoms with E-state index in [1.165, 1.54) is 0 Å². The number of anilines is 2. The highest BCUT2D eigenvalue weighted by Gasteiger charge is 2.32. The fraction of sp³-hybridized carbons (Fsp3) is 0.417. The van der Waals surface area contributed by atoms with Crippen LogP contribution < -0.4 is 10.2 Å². The van der Waals surface area contributed by atoms with Gasteiger partial charge in [0.2, 0.25) is 0 Å². The zero-order valence-corrected chi connectivity index (χ0v) is 9.90. The lowest BCUT2D eigenvalue weighted by molar-refractivity contribution is 0.221. The highest BCUT2D eigenvalue weighted by atomic mass is 16.2. The van der Waals surface area contributed by atoms with Crippen LogP contribution in [0, 0.1) is 0 Å². The molecule has 1 heterocycles. The van der Waals surface area contributed by atoms with Crippen molar-refractivity contribution >= 4 is 17.4 Å². The average molecular weight is 219 g/mol. The van der Waals surface area contributed by atoms with Crippen molar-refractivity contribution in [3.8, 4) is 0 Å². The zero-order valence-electron chi connectivity index (χ0n) is 9.90. The van der Waals surface area contributed by atoms with E-state index in [2.05, 4.69) is 12.2 Å². The number of benzene rings is 1. The van der Waals surface area contributed by atoms with Crippen molar-refractivity contribution in [3.63, 3.8) is 0 Å². The molecule has 1 atom stereocenters. The predicted octanol–water partition coefficient (Wildman–Crippen LogP) is 1.99. The third-order valence-electron chi connectivity index (χ3n) is 3.09. The maximum absolute atomic E-state index is 11.9. The largest absolute Gasteiger partial charge is 0.388 e. The summed E-state index contributed by atoms with van der Waals surface area (Å²) in [5.41, 5.74) is 1.97. The van der Waals surface area contributed by atoms with Gasteiger partial charge in [-0.2, -0.15) is 0 Å². The maximum Gasteiger partial charge on any atom is 0.324 e. The quantitative estimate of drug-likeness (QED) is 0.825. The van der Waals surface area contributed by atoms with Gasteiger partial charge in [0, 0.05) is 38.1 Å². The van der Waals surface area contributed by atoms with E-state index >= 15 is 0 Å². The molecule has 0 aliphatic carbocycles. The van der Waals surface area contributed by atoms with Crippen molar-refractivity contribution < 1.29 is 4.79 Å². The summed E-state index contributed by atoms with van der Waals surface area (Å²) < 4.78 is 0.